The molecule has 0 unspecified atom stereocenters. The molecule has 2 fully saturated rings. The summed E-state index contributed by atoms with van der Waals surface area (Å²) >= 11 is -0.0400. The Labute approximate surface area is 318 Å². The van der Waals surface area contributed by atoms with E-state index in [9.17, 15) is 0 Å². The van der Waals surface area contributed by atoms with Crippen LogP contribution in [-0.4, -0.2) is 29.4 Å². The molecule has 0 spiro atoms. The van der Waals surface area contributed by atoms with Crippen molar-refractivity contribution in [1.29, 1.82) is 0 Å². The van der Waals surface area contributed by atoms with E-state index in [0.717, 1.165) is 38.9 Å². The quantitative estimate of drug-likeness (QED) is 0.120. The largest absolute Gasteiger partial charge is 4.00 e. The molecule has 2 aliphatic rings. The van der Waals surface area contributed by atoms with E-state index in [1.807, 2.05) is 13.8 Å². The molecule has 0 heterocycles. The molecule has 0 N–H and O–H groups in total. The fourth-order valence-electron chi connectivity index (χ4n) is 5.61. The van der Waals surface area contributed by atoms with Gasteiger partial charge in [-0.05, 0) is 59.2 Å². The average Bonchev–Trinajstić information content (AvgIpc) is 3.21. The fourth-order valence-corrected chi connectivity index (χ4v) is 10.9. The summed E-state index contributed by atoms with van der Waals surface area (Å²) in [4.78, 5) is 0. The van der Waals surface area contributed by atoms with Gasteiger partial charge in [0, 0.05) is 0 Å². The molecule has 3 heteroatoms. The average molecular weight is 723 g/mol. The van der Waals surface area contributed by atoms with Crippen LogP contribution in [0.2, 0.25) is 21.1 Å². The SMILES string of the molecule is CC(C)[CH2][Al][CH2]C(C)C.C[C-]=C[C](=[C-]C)[Al]([CH2]C(C)C)[CH2]C(C)C.C[C]1[C](C)[C](C)[C](C)[C]1C.C[C]1[C](C)[C](C)[C](C)[C]1C.[Zr+4]. The molecular weight excluding hydrogens is 650 g/mol. The molecule has 0 aromatic rings. The minimum Gasteiger partial charge on any atom is -0.411 e. The van der Waals surface area contributed by atoms with Crippen LogP contribution in [0.25, 0.3) is 0 Å². The van der Waals surface area contributed by atoms with Gasteiger partial charge >= 0.3 is 26.2 Å². The predicted octanol–water partition coefficient (Wildman–Crippen LogP) is 13.2. The van der Waals surface area contributed by atoms with Gasteiger partial charge < -0.3 is 22.7 Å². The predicted molar refractivity (Wildman–Crippen MR) is 205 cm³/mol. The number of allylic oxidation sites excluding steroid dienone is 4. The van der Waals surface area contributed by atoms with Gasteiger partial charge in [0.2, 0.25) is 15.2 Å². The van der Waals surface area contributed by atoms with Crippen LogP contribution in [0.15, 0.2) is 10.5 Å². The van der Waals surface area contributed by atoms with Gasteiger partial charge in [-0.25, -0.2) is 0 Å². The van der Waals surface area contributed by atoms with E-state index in [1.54, 1.807) is 0 Å². The van der Waals surface area contributed by atoms with Crippen LogP contribution in [0.1, 0.15) is 138 Å². The number of rotatable bonds is 10. The zero-order valence-electron chi connectivity index (χ0n) is 33.9. The second-order valence-corrected chi connectivity index (χ2v) is 19.4. The molecule has 0 aromatic heterocycles. The second kappa shape index (κ2) is 27.2. The van der Waals surface area contributed by atoms with E-state index in [0.29, 0.717) is 0 Å². The van der Waals surface area contributed by atoms with Crippen LogP contribution in [0, 0.1) is 95.0 Å². The van der Waals surface area contributed by atoms with Gasteiger partial charge in [-0.2, -0.15) is 0 Å². The molecule has 0 nitrogen and oxygen atoms in total. The van der Waals surface area contributed by atoms with Crippen molar-refractivity contribution in [3.05, 3.63) is 81.8 Å². The summed E-state index contributed by atoms with van der Waals surface area (Å²) in [7, 11) is 0. The van der Waals surface area contributed by atoms with Gasteiger partial charge in [0.25, 0.3) is 0 Å². The van der Waals surface area contributed by atoms with E-state index >= 15 is 0 Å². The monoisotopic (exact) mass is 721 g/mol. The summed E-state index contributed by atoms with van der Waals surface area (Å²) in [6.07, 6.45) is 8.68. The van der Waals surface area contributed by atoms with Gasteiger partial charge in [-0.15, -0.1) is 35.0 Å². The molecule has 0 amide bonds. The molecule has 249 valence electrons. The number of hydrogen-bond acceptors (Lipinski definition) is 0. The molecule has 11 radical (unpaired) electrons. The first kappa shape index (κ1) is 50.8. The van der Waals surface area contributed by atoms with Crippen molar-refractivity contribution < 1.29 is 26.2 Å². The zero-order valence-corrected chi connectivity index (χ0v) is 38.6. The van der Waals surface area contributed by atoms with E-state index in [4.69, 9.17) is 0 Å². The van der Waals surface area contributed by atoms with Crippen molar-refractivity contribution in [3.8, 4) is 0 Å². The zero-order chi connectivity index (χ0) is 34.9. The standard InChI is InChI=1S/2C10H15.C6H7.4C4H9.2Al.Zr/c2*1-6-7(2)9(4)10(5)8(6)3;1-3-5-6-4-2;4*1-4(2)3;;;/h2*1-5H3;5H,1-2H3;4*4H,1H2,2-3H3;;;/q;;-2;;;;;;;+4. The molecule has 0 atom stereocenters. The third-order valence-electron chi connectivity index (χ3n) is 9.44. The fraction of sp³-hybridized carbons (Fsp3) is 0.667. The van der Waals surface area contributed by atoms with Gasteiger partial charge in [0.15, 0.2) is 0 Å². The van der Waals surface area contributed by atoms with Crippen molar-refractivity contribution in [2.24, 2.45) is 23.7 Å². The number of hydrogen-bond donors (Lipinski definition) is 0. The van der Waals surface area contributed by atoms with Crippen LogP contribution in [-0.2, 0) is 26.2 Å². The van der Waals surface area contributed by atoms with Gasteiger partial charge in [-0.3, -0.25) is 0 Å². The summed E-state index contributed by atoms with van der Waals surface area (Å²) in [5.41, 5.74) is 0. The van der Waals surface area contributed by atoms with E-state index in [2.05, 4.69) is 143 Å². The summed E-state index contributed by atoms with van der Waals surface area (Å²) in [5, 5.41) is 5.76. The Bertz CT molecular complexity index is 616. The second-order valence-electron chi connectivity index (χ2n) is 14.9. The van der Waals surface area contributed by atoms with Crippen molar-refractivity contribution in [3.63, 3.8) is 0 Å². The Morgan fingerprint density at radius 2 is 0.756 bits per heavy atom. The molecule has 2 saturated carbocycles. The Balaban J connectivity index is -0.000000529. The van der Waals surface area contributed by atoms with Crippen molar-refractivity contribution in [2.75, 3.05) is 0 Å². The maximum atomic E-state index is 3.37. The minimum absolute atomic E-state index is 0. The van der Waals surface area contributed by atoms with E-state index in [-0.39, 0.29) is 26.2 Å². The first-order chi connectivity index (χ1) is 20.2. The first-order valence-corrected chi connectivity index (χ1v) is 21.3. The molecule has 45 heavy (non-hydrogen) atoms. The Kier molecular flexibility index (Phi) is 30.7. The summed E-state index contributed by atoms with van der Waals surface area (Å²) in [6.45, 7) is 44.6. The maximum absolute atomic E-state index is 3.37. The smallest absolute Gasteiger partial charge is 0.411 e. The Hall–Kier alpha value is 1.43. The maximum Gasteiger partial charge on any atom is 4.00 e. The van der Waals surface area contributed by atoms with Crippen molar-refractivity contribution >= 4 is 29.4 Å². The van der Waals surface area contributed by atoms with E-state index < -0.39 is 14.1 Å². The first-order valence-electron chi connectivity index (χ1n) is 17.5. The molecule has 0 saturated heterocycles. The van der Waals surface area contributed by atoms with Crippen molar-refractivity contribution in [1.82, 2.24) is 0 Å². The van der Waals surface area contributed by atoms with Gasteiger partial charge in [0.05, 0.1) is 0 Å². The molecule has 0 aliphatic heterocycles. The third-order valence-corrected chi connectivity index (χ3v) is 16.4. The normalized spacial score (nSPS) is 19.2. The van der Waals surface area contributed by atoms with Gasteiger partial charge in [0.1, 0.15) is 14.1 Å². The van der Waals surface area contributed by atoms with Gasteiger partial charge in [-0.1, -0.05) is 148 Å². The van der Waals surface area contributed by atoms with Crippen molar-refractivity contribution in [2.45, 2.75) is 160 Å². The molecular formula is C42H73Al2Zr+2. The Morgan fingerprint density at radius 1 is 0.511 bits per heavy atom. The van der Waals surface area contributed by atoms with E-state index in [1.165, 1.54) is 84.7 Å². The summed E-state index contributed by atoms with van der Waals surface area (Å²) in [5.74, 6) is 18.2. The summed E-state index contributed by atoms with van der Waals surface area (Å²) in [6, 6.07) is 0. The van der Waals surface area contributed by atoms with Crippen LogP contribution >= 0.6 is 0 Å². The Morgan fingerprint density at radius 3 is 0.911 bits per heavy atom. The minimum atomic E-state index is -0.795. The van der Waals surface area contributed by atoms with Crippen LogP contribution in [0.4, 0.5) is 0 Å². The van der Waals surface area contributed by atoms with Crippen LogP contribution in [0.3, 0.4) is 0 Å². The van der Waals surface area contributed by atoms with Crippen LogP contribution in [0.5, 0.6) is 0 Å². The molecule has 0 aromatic carbocycles. The van der Waals surface area contributed by atoms with Crippen LogP contribution < -0.4 is 0 Å². The summed E-state index contributed by atoms with van der Waals surface area (Å²) < 4.78 is 1.47. The molecule has 2 aliphatic carbocycles. The third kappa shape index (κ3) is 20.6. The molecule has 0 bridgehead atoms. The topological polar surface area (TPSA) is 0 Å². The molecule has 2 rings (SSSR count).